The zero-order chi connectivity index (χ0) is 19.9. The summed E-state index contributed by atoms with van der Waals surface area (Å²) in [5.74, 6) is -0.143. The van der Waals surface area contributed by atoms with E-state index >= 15 is 0 Å². The summed E-state index contributed by atoms with van der Waals surface area (Å²) in [6, 6.07) is 5.24. The molecule has 28 heavy (non-hydrogen) atoms. The molecule has 1 fully saturated rings. The molecule has 0 spiro atoms. The topological polar surface area (TPSA) is 106 Å². The number of amides is 3. The first-order valence-electron chi connectivity index (χ1n) is 8.98. The third kappa shape index (κ3) is 5.95. The van der Waals surface area contributed by atoms with E-state index in [1.165, 1.54) is 24.3 Å². The van der Waals surface area contributed by atoms with Crippen molar-refractivity contribution in [3.63, 3.8) is 0 Å². The number of thioether (sulfide) groups is 1. The minimum absolute atomic E-state index is 0.0348. The second-order valence-corrected chi connectivity index (χ2v) is 7.34. The van der Waals surface area contributed by atoms with Crippen molar-refractivity contribution in [3.05, 3.63) is 36.0 Å². The average molecular weight is 408 g/mol. The van der Waals surface area contributed by atoms with E-state index in [4.69, 9.17) is 9.15 Å². The Labute approximate surface area is 165 Å². The number of carbonyl (C=O) groups excluding carboxylic acids is 2. The van der Waals surface area contributed by atoms with E-state index in [0.29, 0.717) is 5.75 Å². The number of rotatable bonds is 7. The highest BCUT2D eigenvalue weighted by molar-refractivity contribution is 7.99. The van der Waals surface area contributed by atoms with Crippen molar-refractivity contribution < 1.29 is 23.1 Å². The molecule has 0 bridgehead atoms. The summed E-state index contributed by atoms with van der Waals surface area (Å²) in [6.07, 6.45) is 3.53. The Kier molecular flexibility index (Phi) is 6.85. The van der Waals surface area contributed by atoms with Gasteiger partial charge in [-0.3, -0.25) is 10.1 Å². The molecule has 1 atom stereocenters. The number of imide groups is 1. The van der Waals surface area contributed by atoms with E-state index in [9.17, 15) is 14.0 Å². The number of urea groups is 1. The van der Waals surface area contributed by atoms with Gasteiger partial charge in [0.15, 0.2) is 6.10 Å². The first kappa shape index (κ1) is 20.1. The van der Waals surface area contributed by atoms with Crippen molar-refractivity contribution in [2.24, 2.45) is 0 Å². The number of benzene rings is 1. The monoisotopic (exact) mass is 408 g/mol. The molecule has 2 aromatic rings. The number of ether oxygens (including phenoxy) is 1. The third-order valence-electron chi connectivity index (χ3n) is 4.17. The molecule has 3 rings (SSSR count). The zero-order valence-corrected chi connectivity index (χ0v) is 16.1. The van der Waals surface area contributed by atoms with Gasteiger partial charge in [0.1, 0.15) is 11.6 Å². The van der Waals surface area contributed by atoms with Crippen molar-refractivity contribution in [3.8, 4) is 5.75 Å². The molecule has 3 amide bonds. The van der Waals surface area contributed by atoms with Gasteiger partial charge in [-0.25, -0.2) is 9.18 Å². The van der Waals surface area contributed by atoms with Gasteiger partial charge in [-0.1, -0.05) is 24.6 Å². The lowest BCUT2D eigenvalue weighted by atomic mass is 10.2. The Balaban J connectivity index is 1.42. The zero-order valence-electron chi connectivity index (χ0n) is 15.3. The number of nitrogens with zero attached hydrogens (tertiary/aromatic N) is 2. The van der Waals surface area contributed by atoms with E-state index in [-0.39, 0.29) is 28.7 Å². The highest BCUT2D eigenvalue weighted by Gasteiger charge is 2.19. The predicted molar refractivity (Wildman–Crippen MR) is 99.4 cm³/mol. The smallest absolute Gasteiger partial charge is 0.321 e. The normalized spacial score (nSPS) is 15.2. The SMILES string of the molecule is CC(Oc1ccc(F)cc1)c1nnc(SCC(=O)NC(=O)NC2CCCC2)o1. The van der Waals surface area contributed by atoms with Crippen LogP contribution in [0.1, 0.15) is 44.6 Å². The summed E-state index contributed by atoms with van der Waals surface area (Å²) in [5.41, 5.74) is 0. The van der Waals surface area contributed by atoms with Gasteiger partial charge in [0, 0.05) is 6.04 Å². The Morgan fingerprint density at radius 1 is 1.29 bits per heavy atom. The number of halogens is 1. The second-order valence-electron chi connectivity index (χ2n) is 6.41. The average Bonchev–Trinajstić information content (AvgIpc) is 3.33. The minimum Gasteiger partial charge on any atom is -0.481 e. The molecule has 8 nitrogen and oxygen atoms in total. The molecule has 1 aliphatic carbocycles. The Morgan fingerprint density at radius 2 is 2.00 bits per heavy atom. The summed E-state index contributed by atoms with van der Waals surface area (Å²) >= 11 is 1.02. The van der Waals surface area contributed by atoms with Crippen molar-refractivity contribution in [1.29, 1.82) is 0 Å². The van der Waals surface area contributed by atoms with Crippen LogP contribution >= 0.6 is 11.8 Å². The summed E-state index contributed by atoms with van der Waals surface area (Å²) in [5, 5.41) is 13.0. The third-order valence-corrected chi connectivity index (χ3v) is 4.98. The second kappa shape index (κ2) is 9.54. The van der Waals surface area contributed by atoms with Gasteiger partial charge < -0.3 is 14.5 Å². The largest absolute Gasteiger partial charge is 0.481 e. The van der Waals surface area contributed by atoms with E-state index in [0.717, 1.165) is 37.4 Å². The molecule has 1 saturated carbocycles. The molecule has 0 radical (unpaired) electrons. The van der Waals surface area contributed by atoms with Gasteiger partial charge in [-0.15, -0.1) is 10.2 Å². The van der Waals surface area contributed by atoms with Crippen LogP contribution in [-0.2, 0) is 4.79 Å². The molecule has 0 saturated heterocycles. The fourth-order valence-electron chi connectivity index (χ4n) is 2.79. The molecule has 10 heteroatoms. The van der Waals surface area contributed by atoms with Crippen LogP contribution in [0, 0.1) is 5.82 Å². The maximum Gasteiger partial charge on any atom is 0.321 e. The molecule has 1 aromatic carbocycles. The van der Waals surface area contributed by atoms with E-state index in [1.807, 2.05) is 0 Å². The van der Waals surface area contributed by atoms with Crippen LogP contribution in [0.15, 0.2) is 33.9 Å². The maximum absolute atomic E-state index is 12.9. The van der Waals surface area contributed by atoms with E-state index in [2.05, 4.69) is 20.8 Å². The highest BCUT2D eigenvalue weighted by atomic mass is 32.2. The van der Waals surface area contributed by atoms with Gasteiger partial charge >= 0.3 is 6.03 Å². The summed E-state index contributed by atoms with van der Waals surface area (Å²) < 4.78 is 24.0. The maximum atomic E-state index is 12.9. The lowest BCUT2D eigenvalue weighted by molar-refractivity contribution is -0.117. The minimum atomic E-state index is -0.543. The van der Waals surface area contributed by atoms with Crippen LogP contribution in [0.2, 0.25) is 0 Å². The number of hydrogen-bond donors (Lipinski definition) is 2. The van der Waals surface area contributed by atoms with E-state index < -0.39 is 18.0 Å². The quantitative estimate of drug-likeness (QED) is 0.678. The van der Waals surface area contributed by atoms with Crippen LogP contribution in [-0.4, -0.2) is 33.9 Å². The summed E-state index contributed by atoms with van der Waals surface area (Å²) in [6.45, 7) is 1.71. The van der Waals surface area contributed by atoms with Gasteiger partial charge in [0.05, 0.1) is 5.75 Å². The molecule has 1 aliphatic rings. The van der Waals surface area contributed by atoms with Gasteiger partial charge in [0.25, 0.3) is 11.1 Å². The lowest BCUT2D eigenvalue weighted by Gasteiger charge is -2.11. The first-order chi connectivity index (χ1) is 13.5. The van der Waals surface area contributed by atoms with E-state index in [1.54, 1.807) is 6.92 Å². The van der Waals surface area contributed by atoms with Crippen molar-refractivity contribution in [1.82, 2.24) is 20.8 Å². The van der Waals surface area contributed by atoms with Crippen molar-refractivity contribution in [2.45, 2.75) is 50.0 Å². The fraction of sp³-hybridized carbons (Fsp3) is 0.444. The number of carbonyl (C=O) groups is 2. The van der Waals surface area contributed by atoms with Crippen LogP contribution in [0.3, 0.4) is 0 Å². The summed E-state index contributed by atoms with van der Waals surface area (Å²) in [4.78, 5) is 23.6. The lowest BCUT2D eigenvalue weighted by Crippen LogP contribution is -2.44. The van der Waals surface area contributed by atoms with Crippen LogP contribution in [0.5, 0.6) is 5.75 Å². The molecular formula is C18H21FN4O4S. The molecular weight excluding hydrogens is 387 g/mol. The molecule has 1 unspecified atom stereocenters. The molecule has 1 aromatic heterocycles. The molecule has 2 N–H and O–H groups in total. The number of nitrogens with one attached hydrogen (secondary N) is 2. The standard InChI is InChI=1S/C18H21FN4O4S/c1-11(26-14-8-6-12(19)7-9-14)16-22-23-18(27-16)28-10-15(24)21-17(25)20-13-4-2-3-5-13/h6-9,11,13H,2-5,10H2,1H3,(H2,20,21,24,25). The van der Waals surface area contributed by atoms with Gasteiger partial charge in [-0.2, -0.15) is 0 Å². The molecule has 1 heterocycles. The van der Waals surface area contributed by atoms with Crippen molar-refractivity contribution >= 4 is 23.7 Å². The van der Waals surface area contributed by atoms with Gasteiger partial charge in [-0.05, 0) is 44.0 Å². The summed E-state index contributed by atoms with van der Waals surface area (Å²) in [7, 11) is 0. The fourth-order valence-corrected chi connectivity index (χ4v) is 3.36. The first-order valence-corrected chi connectivity index (χ1v) is 9.97. The predicted octanol–water partition coefficient (Wildman–Crippen LogP) is 3.21. The Hall–Kier alpha value is -2.62. The van der Waals surface area contributed by atoms with Gasteiger partial charge in [0.2, 0.25) is 5.91 Å². The number of aromatic nitrogens is 2. The highest BCUT2D eigenvalue weighted by Crippen LogP contribution is 2.24. The molecule has 150 valence electrons. The number of hydrogen-bond acceptors (Lipinski definition) is 7. The van der Waals surface area contributed by atoms with Crippen LogP contribution in [0.25, 0.3) is 0 Å². The Bertz CT molecular complexity index is 808. The molecule has 0 aliphatic heterocycles. The Morgan fingerprint density at radius 3 is 2.71 bits per heavy atom. The van der Waals surface area contributed by atoms with Crippen LogP contribution < -0.4 is 15.4 Å². The van der Waals surface area contributed by atoms with Crippen molar-refractivity contribution in [2.75, 3.05) is 5.75 Å². The van der Waals surface area contributed by atoms with Crippen LogP contribution in [0.4, 0.5) is 9.18 Å².